The Morgan fingerprint density at radius 3 is 2.93 bits per heavy atom. The molecule has 0 bridgehead atoms. The van der Waals surface area contributed by atoms with Crippen molar-refractivity contribution in [2.24, 2.45) is 17.6 Å². The number of ether oxygens (including phenoxy) is 1. The SMILES string of the molecule is CC(CN)CC(=O)NCC1CCOC1C. The summed E-state index contributed by atoms with van der Waals surface area (Å²) in [7, 11) is 0. The van der Waals surface area contributed by atoms with Crippen LogP contribution in [0.25, 0.3) is 0 Å². The number of carbonyl (C=O) groups excluding carboxylic acids is 1. The molecule has 88 valence electrons. The lowest BCUT2D eigenvalue weighted by atomic mass is 10.0. The van der Waals surface area contributed by atoms with E-state index in [1.807, 2.05) is 6.92 Å². The van der Waals surface area contributed by atoms with Crippen molar-refractivity contribution >= 4 is 5.91 Å². The number of amides is 1. The van der Waals surface area contributed by atoms with Gasteiger partial charge >= 0.3 is 0 Å². The van der Waals surface area contributed by atoms with Crippen molar-refractivity contribution < 1.29 is 9.53 Å². The first kappa shape index (κ1) is 12.5. The highest BCUT2D eigenvalue weighted by molar-refractivity contribution is 5.76. The molecule has 1 fully saturated rings. The second-order valence-electron chi connectivity index (χ2n) is 4.47. The second kappa shape index (κ2) is 6.08. The monoisotopic (exact) mass is 214 g/mol. The first-order chi connectivity index (χ1) is 7.13. The molecule has 3 unspecified atom stereocenters. The van der Waals surface area contributed by atoms with Gasteiger partial charge in [-0.1, -0.05) is 6.92 Å². The number of hydrogen-bond donors (Lipinski definition) is 2. The van der Waals surface area contributed by atoms with Crippen molar-refractivity contribution in [2.45, 2.75) is 32.8 Å². The number of nitrogens with two attached hydrogens (primary N) is 1. The van der Waals surface area contributed by atoms with Crippen molar-refractivity contribution in [1.29, 1.82) is 0 Å². The molecule has 0 radical (unpaired) electrons. The van der Waals surface area contributed by atoms with Crippen molar-refractivity contribution in [3.63, 3.8) is 0 Å². The molecule has 0 aromatic rings. The average Bonchev–Trinajstić information content (AvgIpc) is 2.61. The van der Waals surface area contributed by atoms with E-state index in [9.17, 15) is 4.79 Å². The van der Waals surface area contributed by atoms with Gasteiger partial charge in [0.15, 0.2) is 0 Å². The lowest BCUT2D eigenvalue weighted by Gasteiger charge is -2.15. The van der Waals surface area contributed by atoms with Crippen LogP contribution in [0, 0.1) is 11.8 Å². The molecular formula is C11H22N2O2. The lowest BCUT2D eigenvalue weighted by molar-refractivity contribution is -0.122. The summed E-state index contributed by atoms with van der Waals surface area (Å²) >= 11 is 0. The standard InChI is InChI=1S/C11H22N2O2/c1-8(6-12)5-11(14)13-7-10-3-4-15-9(10)2/h8-10H,3-7,12H2,1-2H3,(H,13,14). The van der Waals surface area contributed by atoms with Crippen LogP contribution in [0.5, 0.6) is 0 Å². The number of hydrogen-bond acceptors (Lipinski definition) is 3. The zero-order valence-electron chi connectivity index (χ0n) is 9.66. The molecular weight excluding hydrogens is 192 g/mol. The van der Waals surface area contributed by atoms with Gasteiger partial charge in [0.1, 0.15) is 0 Å². The highest BCUT2D eigenvalue weighted by atomic mass is 16.5. The zero-order valence-corrected chi connectivity index (χ0v) is 9.66. The highest BCUT2D eigenvalue weighted by Gasteiger charge is 2.24. The fourth-order valence-corrected chi connectivity index (χ4v) is 1.76. The molecule has 1 saturated heterocycles. The Morgan fingerprint density at radius 1 is 1.67 bits per heavy atom. The largest absolute Gasteiger partial charge is 0.378 e. The van der Waals surface area contributed by atoms with Gasteiger partial charge in [0.05, 0.1) is 6.10 Å². The van der Waals surface area contributed by atoms with Crippen molar-refractivity contribution in [3.8, 4) is 0 Å². The van der Waals surface area contributed by atoms with E-state index in [-0.39, 0.29) is 17.9 Å². The molecule has 0 aliphatic carbocycles. The van der Waals surface area contributed by atoms with Crippen LogP contribution in [0.15, 0.2) is 0 Å². The van der Waals surface area contributed by atoms with Gasteiger partial charge in [0.2, 0.25) is 5.91 Å². The fourth-order valence-electron chi connectivity index (χ4n) is 1.76. The molecule has 0 aromatic heterocycles. The minimum Gasteiger partial charge on any atom is -0.378 e. The molecule has 4 nitrogen and oxygen atoms in total. The molecule has 4 heteroatoms. The Hall–Kier alpha value is -0.610. The normalized spacial score (nSPS) is 27.7. The second-order valence-corrected chi connectivity index (χ2v) is 4.47. The van der Waals surface area contributed by atoms with E-state index < -0.39 is 0 Å². The minimum atomic E-state index is 0.104. The van der Waals surface area contributed by atoms with E-state index in [0.717, 1.165) is 19.6 Å². The van der Waals surface area contributed by atoms with Gasteiger partial charge in [-0.15, -0.1) is 0 Å². The van der Waals surface area contributed by atoms with E-state index in [2.05, 4.69) is 12.2 Å². The third-order valence-corrected chi connectivity index (χ3v) is 3.03. The Bertz CT molecular complexity index is 209. The van der Waals surface area contributed by atoms with Gasteiger partial charge in [0, 0.05) is 25.5 Å². The predicted octanol–water partition coefficient (Wildman–Crippen LogP) is 0.513. The van der Waals surface area contributed by atoms with Gasteiger partial charge in [0.25, 0.3) is 0 Å². The van der Waals surface area contributed by atoms with Crippen LogP contribution in [-0.4, -0.2) is 31.7 Å². The Balaban J connectivity index is 2.16. The van der Waals surface area contributed by atoms with Crippen LogP contribution in [0.3, 0.4) is 0 Å². The summed E-state index contributed by atoms with van der Waals surface area (Å²) in [5.74, 6) is 0.844. The average molecular weight is 214 g/mol. The van der Waals surface area contributed by atoms with Crippen LogP contribution in [0.4, 0.5) is 0 Å². The molecule has 15 heavy (non-hydrogen) atoms. The number of nitrogens with one attached hydrogen (secondary N) is 1. The summed E-state index contributed by atoms with van der Waals surface area (Å²) in [5.41, 5.74) is 5.46. The Morgan fingerprint density at radius 2 is 2.40 bits per heavy atom. The molecule has 1 rings (SSSR count). The smallest absolute Gasteiger partial charge is 0.220 e. The van der Waals surface area contributed by atoms with Crippen LogP contribution in [-0.2, 0) is 9.53 Å². The van der Waals surface area contributed by atoms with Crippen molar-refractivity contribution in [1.82, 2.24) is 5.32 Å². The third kappa shape index (κ3) is 4.18. The molecule has 1 aliphatic rings. The highest BCUT2D eigenvalue weighted by Crippen LogP contribution is 2.19. The van der Waals surface area contributed by atoms with E-state index in [1.165, 1.54) is 0 Å². The molecule has 0 saturated carbocycles. The van der Waals surface area contributed by atoms with Crippen molar-refractivity contribution in [2.75, 3.05) is 19.7 Å². The molecule has 0 aromatic carbocycles. The van der Waals surface area contributed by atoms with Crippen molar-refractivity contribution in [3.05, 3.63) is 0 Å². The topological polar surface area (TPSA) is 64.4 Å². The Labute approximate surface area is 91.5 Å². The first-order valence-corrected chi connectivity index (χ1v) is 5.71. The van der Waals surface area contributed by atoms with E-state index in [0.29, 0.717) is 18.9 Å². The maximum absolute atomic E-state index is 11.5. The lowest BCUT2D eigenvalue weighted by Crippen LogP contribution is -2.33. The van der Waals surface area contributed by atoms with Gasteiger partial charge in [-0.2, -0.15) is 0 Å². The van der Waals surface area contributed by atoms with Crippen LogP contribution in [0.2, 0.25) is 0 Å². The quantitative estimate of drug-likeness (QED) is 0.701. The van der Waals surface area contributed by atoms with Crippen LogP contribution >= 0.6 is 0 Å². The van der Waals surface area contributed by atoms with E-state index in [4.69, 9.17) is 10.5 Å². The molecule has 1 aliphatic heterocycles. The molecule has 0 spiro atoms. The van der Waals surface area contributed by atoms with Crippen LogP contribution in [0.1, 0.15) is 26.7 Å². The van der Waals surface area contributed by atoms with Gasteiger partial charge in [-0.05, 0) is 25.8 Å². The van der Waals surface area contributed by atoms with Crippen LogP contribution < -0.4 is 11.1 Å². The molecule has 3 N–H and O–H groups in total. The summed E-state index contributed by atoms with van der Waals surface area (Å²) in [6.45, 7) is 6.17. The van der Waals surface area contributed by atoms with E-state index in [1.54, 1.807) is 0 Å². The Kier molecular flexibility index (Phi) is 5.05. The summed E-state index contributed by atoms with van der Waals surface area (Å²) in [5, 5.41) is 2.95. The van der Waals surface area contributed by atoms with Gasteiger partial charge in [-0.25, -0.2) is 0 Å². The van der Waals surface area contributed by atoms with Gasteiger partial charge < -0.3 is 15.8 Å². The summed E-state index contributed by atoms with van der Waals surface area (Å²) < 4.78 is 5.43. The predicted molar refractivity (Wildman–Crippen MR) is 59.4 cm³/mol. The van der Waals surface area contributed by atoms with Gasteiger partial charge in [-0.3, -0.25) is 4.79 Å². The maximum atomic E-state index is 11.5. The zero-order chi connectivity index (χ0) is 11.3. The molecule has 1 heterocycles. The first-order valence-electron chi connectivity index (χ1n) is 5.71. The summed E-state index contributed by atoms with van der Waals surface area (Å²) in [6.07, 6.45) is 1.85. The summed E-state index contributed by atoms with van der Waals surface area (Å²) in [4.78, 5) is 11.5. The minimum absolute atomic E-state index is 0.104. The number of carbonyl (C=O) groups is 1. The number of rotatable bonds is 5. The fraction of sp³-hybridized carbons (Fsp3) is 0.909. The third-order valence-electron chi connectivity index (χ3n) is 3.03. The molecule has 3 atom stereocenters. The maximum Gasteiger partial charge on any atom is 0.220 e. The van der Waals surface area contributed by atoms with E-state index >= 15 is 0 Å². The molecule has 1 amide bonds. The summed E-state index contributed by atoms with van der Waals surface area (Å²) in [6, 6.07) is 0.